The predicted molar refractivity (Wildman–Crippen MR) is 38.1 cm³/mol. The van der Waals surface area contributed by atoms with Crippen molar-refractivity contribution in [3.8, 4) is 0 Å². The topological polar surface area (TPSA) is 26.0 Å². The number of hydrogen-bond acceptors (Lipinski definition) is 1. The summed E-state index contributed by atoms with van der Waals surface area (Å²) < 4.78 is 12.5. The van der Waals surface area contributed by atoms with E-state index in [-0.39, 0.29) is 11.6 Å². The summed E-state index contributed by atoms with van der Waals surface area (Å²) in [4.78, 5) is 0. The molecule has 0 aliphatic rings. The fraction of sp³-hybridized carbons (Fsp3) is 0.143. The van der Waals surface area contributed by atoms with Gasteiger partial charge in [-0.3, -0.25) is 0 Å². The second-order valence-electron chi connectivity index (χ2n) is 1.85. The summed E-state index contributed by atoms with van der Waals surface area (Å²) in [5.74, 6) is -0.468. The van der Waals surface area contributed by atoms with Crippen molar-refractivity contribution in [1.82, 2.24) is 0 Å². The molecule has 0 saturated carbocycles. The maximum atomic E-state index is 12.5. The Morgan fingerprint density at radius 3 is 2.80 bits per heavy atom. The second-order valence-corrected chi connectivity index (χ2v) is 2.22. The first-order valence-corrected chi connectivity index (χ1v) is 3.17. The van der Waals surface area contributed by atoms with Gasteiger partial charge in [-0.25, -0.2) is 4.39 Å². The molecule has 1 rings (SSSR count). The summed E-state index contributed by atoms with van der Waals surface area (Å²) >= 11 is 5.52. The van der Waals surface area contributed by atoms with Gasteiger partial charge in [0.15, 0.2) is 0 Å². The van der Waals surface area contributed by atoms with Crippen LogP contribution in [-0.4, -0.2) is 0 Å². The van der Waals surface area contributed by atoms with E-state index in [1.165, 1.54) is 6.07 Å². The number of halogens is 2. The molecular formula is C7H6ClFN. The minimum Gasteiger partial charge on any atom is -0.326 e. The Hall–Kier alpha value is -0.600. The fourth-order valence-corrected chi connectivity index (χ4v) is 0.830. The first-order valence-electron chi connectivity index (χ1n) is 2.79. The Kier molecular flexibility index (Phi) is 2.25. The van der Waals surface area contributed by atoms with Gasteiger partial charge in [0, 0.05) is 6.54 Å². The number of nitrogens with two attached hydrogens (primary N) is 1. The van der Waals surface area contributed by atoms with E-state index in [0.29, 0.717) is 5.56 Å². The number of hydrogen-bond donors (Lipinski definition) is 1. The molecule has 0 aliphatic heterocycles. The van der Waals surface area contributed by atoms with Crippen LogP contribution in [0.2, 0.25) is 5.02 Å². The number of rotatable bonds is 1. The lowest BCUT2D eigenvalue weighted by molar-refractivity contribution is 0.625. The van der Waals surface area contributed by atoms with Crippen molar-refractivity contribution in [3.63, 3.8) is 0 Å². The van der Waals surface area contributed by atoms with Gasteiger partial charge in [-0.1, -0.05) is 11.6 Å². The molecule has 0 saturated heterocycles. The molecule has 0 unspecified atom stereocenters. The van der Waals surface area contributed by atoms with Gasteiger partial charge in [0.2, 0.25) is 0 Å². The van der Waals surface area contributed by atoms with Gasteiger partial charge in [0.1, 0.15) is 5.82 Å². The highest BCUT2D eigenvalue weighted by Gasteiger charge is 2.02. The van der Waals surface area contributed by atoms with Gasteiger partial charge >= 0.3 is 0 Å². The van der Waals surface area contributed by atoms with Gasteiger partial charge in [0.05, 0.1) is 5.02 Å². The third kappa shape index (κ3) is 1.28. The summed E-state index contributed by atoms with van der Waals surface area (Å²) in [7, 11) is 0. The zero-order valence-corrected chi connectivity index (χ0v) is 5.95. The molecular weight excluding hydrogens is 153 g/mol. The highest BCUT2D eigenvalue weighted by Crippen LogP contribution is 2.18. The smallest absolute Gasteiger partial charge is 0.142 e. The molecule has 1 aromatic rings. The van der Waals surface area contributed by atoms with Gasteiger partial charge in [-0.05, 0) is 23.8 Å². The minimum absolute atomic E-state index is 0.0984. The lowest BCUT2D eigenvalue weighted by Crippen LogP contribution is -1.97. The maximum absolute atomic E-state index is 12.5. The van der Waals surface area contributed by atoms with Crippen LogP contribution in [0.1, 0.15) is 5.56 Å². The van der Waals surface area contributed by atoms with Crippen LogP contribution in [0.15, 0.2) is 12.1 Å². The largest absolute Gasteiger partial charge is 0.326 e. The van der Waals surface area contributed by atoms with Crippen LogP contribution >= 0.6 is 11.6 Å². The normalized spacial score (nSPS) is 9.90. The molecule has 0 bridgehead atoms. The van der Waals surface area contributed by atoms with Crippen molar-refractivity contribution in [2.45, 2.75) is 6.54 Å². The fourth-order valence-electron chi connectivity index (χ4n) is 0.644. The first-order chi connectivity index (χ1) is 4.75. The first kappa shape index (κ1) is 7.51. The highest BCUT2D eigenvalue weighted by atomic mass is 35.5. The zero-order valence-electron chi connectivity index (χ0n) is 5.20. The molecule has 53 valence electrons. The van der Waals surface area contributed by atoms with E-state index < -0.39 is 5.82 Å². The molecule has 0 aromatic heterocycles. The standard InChI is InChI=1S/C7H6ClFN/c8-7-5(4-10)2-1-3-6(7)9/h2-3H,4,10H2. The molecule has 0 spiro atoms. The van der Waals surface area contributed by atoms with Crippen molar-refractivity contribution in [1.29, 1.82) is 0 Å². The summed E-state index contributed by atoms with van der Waals surface area (Å²) in [5.41, 5.74) is 5.83. The van der Waals surface area contributed by atoms with Crippen molar-refractivity contribution >= 4 is 11.6 Å². The monoisotopic (exact) mass is 158 g/mol. The lowest BCUT2D eigenvalue weighted by atomic mass is 10.2. The van der Waals surface area contributed by atoms with Gasteiger partial charge in [0.25, 0.3) is 0 Å². The summed E-state index contributed by atoms with van der Waals surface area (Å²) in [5, 5.41) is 0.0984. The van der Waals surface area contributed by atoms with E-state index in [1.807, 2.05) is 0 Å². The van der Waals surface area contributed by atoms with Crippen molar-refractivity contribution in [3.05, 3.63) is 34.6 Å². The Bertz CT molecular complexity index is 237. The maximum Gasteiger partial charge on any atom is 0.142 e. The Morgan fingerprint density at radius 2 is 2.30 bits per heavy atom. The SMILES string of the molecule is NCc1c[c]cc(F)c1Cl. The molecule has 2 N–H and O–H groups in total. The molecule has 3 heteroatoms. The average Bonchev–Trinajstić information content (AvgIpc) is 1.95. The minimum atomic E-state index is -0.468. The second kappa shape index (κ2) is 2.99. The van der Waals surface area contributed by atoms with E-state index in [0.717, 1.165) is 0 Å². The summed E-state index contributed by atoms with van der Waals surface area (Å²) in [6, 6.07) is 5.34. The Labute approximate surface area is 63.6 Å². The van der Waals surface area contributed by atoms with Gasteiger partial charge in [-0.2, -0.15) is 0 Å². The van der Waals surface area contributed by atoms with E-state index in [9.17, 15) is 4.39 Å². The molecule has 0 fully saturated rings. The molecule has 0 atom stereocenters. The van der Waals surface area contributed by atoms with Crippen LogP contribution in [0.4, 0.5) is 4.39 Å². The zero-order chi connectivity index (χ0) is 7.56. The number of benzene rings is 1. The lowest BCUT2D eigenvalue weighted by Gasteiger charge is -1.98. The molecule has 10 heavy (non-hydrogen) atoms. The quantitative estimate of drug-likeness (QED) is 0.662. The summed E-state index contributed by atoms with van der Waals surface area (Å²) in [6.45, 7) is 0.243. The highest BCUT2D eigenvalue weighted by molar-refractivity contribution is 6.31. The molecule has 0 heterocycles. The van der Waals surface area contributed by atoms with Crippen LogP contribution < -0.4 is 5.73 Å². The van der Waals surface area contributed by atoms with E-state index in [4.69, 9.17) is 17.3 Å². The molecule has 1 aromatic carbocycles. The van der Waals surface area contributed by atoms with Crippen molar-refractivity contribution in [2.24, 2.45) is 5.73 Å². The van der Waals surface area contributed by atoms with Gasteiger partial charge < -0.3 is 5.73 Å². The van der Waals surface area contributed by atoms with Crippen LogP contribution in [-0.2, 0) is 6.54 Å². The Morgan fingerprint density at radius 1 is 1.60 bits per heavy atom. The molecule has 1 radical (unpaired) electrons. The van der Waals surface area contributed by atoms with Crippen LogP contribution in [0.3, 0.4) is 0 Å². The van der Waals surface area contributed by atoms with Crippen molar-refractivity contribution in [2.75, 3.05) is 0 Å². The van der Waals surface area contributed by atoms with Crippen molar-refractivity contribution < 1.29 is 4.39 Å². The predicted octanol–water partition coefficient (Wildman–Crippen LogP) is 1.74. The van der Waals surface area contributed by atoms with E-state index in [1.54, 1.807) is 6.07 Å². The third-order valence-electron chi connectivity index (χ3n) is 1.18. The Balaban J connectivity index is 3.14. The molecule has 0 aliphatic carbocycles. The average molecular weight is 159 g/mol. The third-order valence-corrected chi connectivity index (χ3v) is 1.60. The van der Waals surface area contributed by atoms with Gasteiger partial charge in [-0.15, -0.1) is 0 Å². The van der Waals surface area contributed by atoms with E-state index in [2.05, 4.69) is 6.07 Å². The molecule has 0 amide bonds. The van der Waals surface area contributed by atoms with Crippen LogP contribution in [0.25, 0.3) is 0 Å². The van der Waals surface area contributed by atoms with E-state index >= 15 is 0 Å². The van der Waals surface area contributed by atoms with Crippen LogP contribution in [0, 0.1) is 11.9 Å². The molecule has 1 nitrogen and oxygen atoms in total. The summed E-state index contributed by atoms with van der Waals surface area (Å²) in [6.07, 6.45) is 0. The van der Waals surface area contributed by atoms with Crippen LogP contribution in [0.5, 0.6) is 0 Å².